The summed E-state index contributed by atoms with van der Waals surface area (Å²) in [5, 5.41) is 9.04. The third kappa shape index (κ3) is 5.71. The van der Waals surface area contributed by atoms with E-state index in [0.717, 1.165) is 41.7 Å². The van der Waals surface area contributed by atoms with E-state index in [2.05, 4.69) is 63.7 Å². The molecule has 0 saturated heterocycles. The molecule has 0 aliphatic rings. The molecule has 0 unspecified atom stereocenters. The molecule has 0 amide bonds. The zero-order valence-corrected chi connectivity index (χ0v) is 17.7. The van der Waals surface area contributed by atoms with E-state index in [0.29, 0.717) is 6.54 Å². The molecule has 0 aliphatic heterocycles. The van der Waals surface area contributed by atoms with Crippen molar-refractivity contribution in [1.29, 1.82) is 0 Å². The number of hydrogen-bond donors (Lipinski definition) is 3. The van der Waals surface area contributed by atoms with Gasteiger partial charge in [0.2, 0.25) is 0 Å². The van der Waals surface area contributed by atoms with Crippen molar-refractivity contribution in [3.05, 3.63) is 52.1 Å². The summed E-state index contributed by atoms with van der Waals surface area (Å²) in [5.41, 5.74) is 2.27. The number of nitrogens with zero attached hydrogens (tertiary/aromatic N) is 2. The van der Waals surface area contributed by atoms with Gasteiger partial charge in [-0.2, -0.15) is 0 Å². The average molecular weight is 469 g/mol. The topological polar surface area (TPSA) is 65.1 Å². The fraction of sp³-hybridized carbons (Fsp3) is 0.333. The summed E-state index contributed by atoms with van der Waals surface area (Å²) in [7, 11) is 0. The average Bonchev–Trinajstić information content (AvgIpc) is 3.18. The highest BCUT2D eigenvalue weighted by Crippen LogP contribution is 2.15. The summed E-state index contributed by atoms with van der Waals surface area (Å²) in [5.74, 6) is 0.837. The van der Waals surface area contributed by atoms with E-state index in [1.807, 2.05) is 12.3 Å². The standard InChI is InChI=1S/C18H23N5S.HI/c1-3-19-18(20-9-8-17-21-11-13(2)24-17)22-12-15-10-14-6-4-5-7-16(14)23-15;/h4-7,10-11,23H,3,8-9,12H2,1-2H3,(H2,19,20,22);1H. The smallest absolute Gasteiger partial charge is 0.191 e. The number of aromatic amines is 1. The number of aliphatic imine (C=N–C) groups is 1. The van der Waals surface area contributed by atoms with Crippen LogP contribution >= 0.6 is 35.3 Å². The molecular weight excluding hydrogens is 445 g/mol. The Labute approximate surface area is 169 Å². The van der Waals surface area contributed by atoms with E-state index in [-0.39, 0.29) is 24.0 Å². The lowest BCUT2D eigenvalue weighted by Gasteiger charge is -2.10. The summed E-state index contributed by atoms with van der Waals surface area (Å²) in [4.78, 5) is 13.7. The number of thiazole rings is 1. The predicted octanol–water partition coefficient (Wildman–Crippen LogP) is 3.85. The first kappa shape index (κ1) is 19.7. The van der Waals surface area contributed by atoms with Gasteiger partial charge < -0.3 is 15.6 Å². The van der Waals surface area contributed by atoms with Crippen LogP contribution < -0.4 is 10.6 Å². The van der Waals surface area contributed by atoms with E-state index in [1.54, 1.807) is 11.3 Å². The van der Waals surface area contributed by atoms with E-state index in [1.165, 1.54) is 10.3 Å². The first-order valence-corrected chi connectivity index (χ1v) is 9.06. The molecule has 3 N–H and O–H groups in total. The number of aromatic nitrogens is 2. The lowest BCUT2D eigenvalue weighted by atomic mass is 10.2. The van der Waals surface area contributed by atoms with Crippen molar-refractivity contribution in [1.82, 2.24) is 20.6 Å². The second-order valence-corrected chi connectivity index (χ2v) is 6.94. The fourth-order valence-corrected chi connectivity index (χ4v) is 3.32. The first-order valence-electron chi connectivity index (χ1n) is 8.24. The van der Waals surface area contributed by atoms with Gasteiger partial charge in [-0.15, -0.1) is 35.3 Å². The SMILES string of the molecule is CCNC(=NCc1cc2ccccc2[nH]1)NCCc1ncc(C)s1.I. The molecule has 25 heavy (non-hydrogen) atoms. The quantitative estimate of drug-likeness (QED) is 0.292. The number of halogens is 1. The zero-order chi connectivity index (χ0) is 16.8. The second-order valence-electron chi connectivity index (χ2n) is 5.62. The van der Waals surface area contributed by atoms with Gasteiger partial charge in [0.25, 0.3) is 0 Å². The maximum atomic E-state index is 4.66. The van der Waals surface area contributed by atoms with Crippen LogP contribution in [0.5, 0.6) is 0 Å². The molecule has 2 heterocycles. The number of hydrogen-bond acceptors (Lipinski definition) is 3. The summed E-state index contributed by atoms with van der Waals surface area (Å²) in [6, 6.07) is 10.4. The maximum Gasteiger partial charge on any atom is 0.191 e. The van der Waals surface area contributed by atoms with Gasteiger partial charge in [-0.25, -0.2) is 9.98 Å². The Morgan fingerprint density at radius 3 is 2.84 bits per heavy atom. The minimum absolute atomic E-state index is 0. The molecule has 7 heteroatoms. The van der Waals surface area contributed by atoms with Crippen molar-refractivity contribution in [2.75, 3.05) is 13.1 Å². The van der Waals surface area contributed by atoms with E-state index >= 15 is 0 Å². The van der Waals surface area contributed by atoms with Gasteiger partial charge in [0, 0.05) is 41.8 Å². The Bertz CT molecular complexity index is 791. The lowest BCUT2D eigenvalue weighted by molar-refractivity contribution is 0.795. The van der Waals surface area contributed by atoms with Crippen LogP contribution in [0.15, 0.2) is 41.5 Å². The van der Waals surface area contributed by atoms with Crippen molar-refractivity contribution in [2.45, 2.75) is 26.8 Å². The number of benzene rings is 1. The highest BCUT2D eigenvalue weighted by atomic mass is 127. The van der Waals surface area contributed by atoms with E-state index < -0.39 is 0 Å². The molecule has 3 aromatic rings. The lowest BCUT2D eigenvalue weighted by Crippen LogP contribution is -2.38. The fourth-order valence-electron chi connectivity index (χ4n) is 2.53. The molecule has 2 aromatic heterocycles. The van der Waals surface area contributed by atoms with Crippen molar-refractivity contribution in [3.8, 4) is 0 Å². The Hall–Kier alpha value is -1.61. The number of nitrogens with one attached hydrogen (secondary N) is 3. The summed E-state index contributed by atoms with van der Waals surface area (Å²) < 4.78 is 0. The number of para-hydroxylation sites is 1. The number of guanidine groups is 1. The molecule has 3 rings (SSSR count). The van der Waals surface area contributed by atoms with Crippen LogP contribution in [-0.4, -0.2) is 29.0 Å². The molecule has 5 nitrogen and oxygen atoms in total. The van der Waals surface area contributed by atoms with Crippen molar-refractivity contribution in [3.63, 3.8) is 0 Å². The van der Waals surface area contributed by atoms with Gasteiger partial charge in [-0.1, -0.05) is 18.2 Å². The minimum Gasteiger partial charge on any atom is -0.357 e. The molecule has 0 saturated carbocycles. The van der Waals surface area contributed by atoms with E-state index in [4.69, 9.17) is 0 Å². The molecule has 0 atom stereocenters. The van der Waals surface area contributed by atoms with Gasteiger partial charge in [0.1, 0.15) is 0 Å². The summed E-state index contributed by atoms with van der Waals surface area (Å²) in [6.07, 6.45) is 2.84. The van der Waals surface area contributed by atoms with Gasteiger partial charge in [-0.3, -0.25) is 0 Å². The van der Waals surface area contributed by atoms with Gasteiger partial charge in [0.15, 0.2) is 5.96 Å². The predicted molar refractivity (Wildman–Crippen MR) is 117 cm³/mol. The zero-order valence-electron chi connectivity index (χ0n) is 14.5. The maximum absolute atomic E-state index is 4.66. The van der Waals surface area contributed by atoms with Crippen LogP contribution in [0, 0.1) is 6.92 Å². The number of fused-ring (bicyclic) bond motifs is 1. The molecule has 1 aromatic carbocycles. The molecule has 0 fully saturated rings. The molecule has 0 radical (unpaired) electrons. The van der Waals surface area contributed by atoms with Crippen LogP contribution in [0.2, 0.25) is 0 Å². The third-order valence-electron chi connectivity index (χ3n) is 3.64. The Balaban J connectivity index is 0.00000225. The Kier molecular flexibility index (Phi) is 7.70. The molecule has 0 spiro atoms. The van der Waals surface area contributed by atoms with Crippen LogP contribution in [0.4, 0.5) is 0 Å². The summed E-state index contributed by atoms with van der Waals surface area (Å²) in [6.45, 7) is 6.45. The number of H-pyrrole nitrogens is 1. The molecule has 134 valence electrons. The monoisotopic (exact) mass is 469 g/mol. The van der Waals surface area contributed by atoms with E-state index in [9.17, 15) is 0 Å². The largest absolute Gasteiger partial charge is 0.357 e. The van der Waals surface area contributed by atoms with Crippen LogP contribution in [0.25, 0.3) is 10.9 Å². The number of rotatable bonds is 6. The molecular formula is C18H24IN5S. The molecule has 0 aliphatic carbocycles. The summed E-state index contributed by atoms with van der Waals surface area (Å²) >= 11 is 1.75. The Morgan fingerprint density at radius 2 is 2.12 bits per heavy atom. The highest BCUT2D eigenvalue weighted by molar-refractivity contribution is 14.0. The van der Waals surface area contributed by atoms with Gasteiger partial charge >= 0.3 is 0 Å². The van der Waals surface area contributed by atoms with Crippen LogP contribution in [0.3, 0.4) is 0 Å². The van der Waals surface area contributed by atoms with Crippen molar-refractivity contribution >= 4 is 52.2 Å². The second kappa shape index (κ2) is 9.76. The molecule has 0 bridgehead atoms. The van der Waals surface area contributed by atoms with Crippen LogP contribution in [-0.2, 0) is 13.0 Å². The third-order valence-corrected chi connectivity index (χ3v) is 4.61. The number of aryl methyl sites for hydroxylation is 1. The minimum atomic E-state index is 0. The van der Waals surface area contributed by atoms with Gasteiger partial charge in [-0.05, 0) is 31.4 Å². The van der Waals surface area contributed by atoms with Crippen molar-refractivity contribution < 1.29 is 0 Å². The normalized spacial score (nSPS) is 11.4. The van der Waals surface area contributed by atoms with Crippen LogP contribution in [0.1, 0.15) is 22.5 Å². The first-order chi connectivity index (χ1) is 11.7. The Morgan fingerprint density at radius 1 is 1.28 bits per heavy atom. The van der Waals surface area contributed by atoms with Crippen molar-refractivity contribution in [2.24, 2.45) is 4.99 Å². The highest BCUT2D eigenvalue weighted by Gasteiger charge is 2.02. The van der Waals surface area contributed by atoms with Gasteiger partial charge in [0.05, 0.1) is 11.6 Å².